The van der Waals surface area contributed by atoms with Crippen molar-refractivity contribution in [3.8, 4) is 6.07 Å². The van der Waals surface area contributed by atoms with Gasteiger partial charge < -0.3 is 15.0 Å². The number of morpholine rings is 1. The summed E-state index contributed by atoms with van der Waals surface area (Å²) in [5.74, 6) is -0.270. The molecule has 2 unspecified atom stereocenters. The van der Waals surface area contributed by atoms with E-state index in [1.807, 2.05) is 38.1 Å². The van der Waals surface area contributed by atoms with Crippen LogP contribution >= 0.6 is 11.6 Å². The normalized spacial score (nSPS) is 21.7. The number of hydrogen-bond acceptors (Lipinski definition) is 4. The summed E-state index contributed by atoms with van der Waals surface area (Å²) in [5.41, 5.74) is 1.07. The number of ether oxygens (including phenoxy) is 1. The van der Waals surface area contributed by atoms with Crippen molar-refractivity contribution >= 4 is 17.5 Å². The van der Waals surface area contributed by atoms with E-state index in [-0.39, 0.29) is 23.7 Å². The molecular weight excluding hydrogens is 314 g/mol. The summed E-state index contributed by atoms with van der Waals surface area (Å²) < 4.78 is 5.61. The van der Waals surface area contributed by atoms with Gasteiger partial charge in [0.25, 0.3) is 5.91 Å². The van der Waals surface area contributed by atoms with Gasteiger partial charge in [-0.15, -0.1) is 0 Å². The van der Waals surface area contributed by atoms with Crippen molar-refractivity contribution in [3.63, 3.8) is 0 Å². The zero-order chi connectivity index (χ0) is 16.8. The van der Waals surface area contributed by atoms with E-state index < -0.39 is 0 Å². The molecule has 2 rings (SSSR count). The lowest BCUT2D eigenvalue weighted by Crippen LogP contribution is -2.48. The summed E-state index contributed by atoms with van der Waals surface area (Å²) in [7, 11) is 0. The third-order valence-corrected chi connectivity index (χ3v) is 3.73. The number of nitrogens with zero attached hydrogens (tertiary/aromatic N) is 2. The van der Waals surface area contributed by atoms with Crippen LogP contribution in [-0.2, 0) is 16.1 Å². The zero-order valence-corrected chi connectivity index (χ0v) is 14.0. The van der Waals surface area contributed by atoms with Gasteiger partial charge in [-0.1, -0.05) is 23.7 Å². The largest absolute Gasteiger partial charge is 0.386 e. The first-order valence-corrected chi connectivity index (χ1v) is 7.90. The first-order valence-electron chi connectivity index (χ1n) is 7.52. The van der Waals surface area contributed by atoms with Gasteiger partial charge in [0, 0.05) is 30.9 Å². The van der Waals surface area contributed by atoms with E-state index >= 15 is 0 Å². The molecule has 0 bridgehead atoms. The van der Waals surface area contributed by atoms with Crippen LogP contribution in [-0.4, -0.2) is 36.1 Å². The second kappa shape index (κ2) is 8.00. The Bertz CT molecular complexity index is 629. The van der Waals surface area contributed by atoms with Crippen LogP contribution in [0.25, 0.3) is 0 Å². The Balaban J connectivity index is 1.98. The SMILES string of the molecule is CC1CN(C(=O)/C(C#N)=C\NCc2cccc(Cl)c2)CC(C)O1. The monoisotopic (exact) mass is 333 g/mol. The van der Waals surface area contributed by atoms with Crippen LogP contribution in [0.2, 0.25) is 5.02 Å². The highest BCUT2D eigenvalue weighted by molar-refractivity contribution is 6.30. The maximum atomic E-state index is 12.4. The lowest BCUT2D eigenvalue weighted by atomic mass is 10.2. The molecule has 1 fully saturated rings. The molecule has 122 valence electrons. The Morgan fingerprint density at radius 3 is 2.78 bits per heavy atom. The third kappa shape index (κ3) is 4.98. The molecule has 1 aromatic carbocycles. The maximum absolute atomic E-state index is 12.4. The summed E-state index contributed by atoms with van der Waals surface area (Å²) in [6.07, 6.45) is 1.41. The number of rotatable bonds is 4. The molecule has 0 aliphatic carbocycles. The minimum Gasteiger partial charge on any atom is -0.386 e. The molecule has 1 aliphatic heterocycles. The fraction of sp³-hybridized carbons (Fsp3) is 0.412. The standard InChI is InChI=1S/C17H20ClN3O2/c1-12-10-21(11-13(2)23-12)17(22)15(7-19)9-20-8-14-4-3-5-16(18)6-14/h3-6,9,12-13,20H,8,10-11H2,1-2H3/b15-9-. The molecule has 1 amide bonds. The predicted octanol–water partition coefficient (Wildman–Crippen LogP) is 2.47. The lowest BCUT2D eigenvalue weighted by molar-refractivity contribution is -0.138. The van der Waals surface area contributed by atoms with Crippen molar-refractivity contribution in [2.75, 3.05) is 13.1 Å². The number of benzene rings is 1. The van der Waals surface area contributed by atoms with Gasteiger partial charge in [-0.25, -0.2) is 0 Å². The topological polar surface area (TPSA) is 65.4 Å². The van der Waals surface area contributed by atoms with Crippen LogP contribution in [0, 0.1) is 11.3 Å². The van der Waals surface area contributed by atoms with Crippen LogP contribution in [0.15, 0.2) is 36.0 Å². The molecule has 1 heterocycles. The van der Waals surface area contributed by atoms with Gasteiger partial charge in [0.2, 0.25) is 0 Å². The molecule has 1 saturated heterocycles. The number of carbonyl (C=O) groups excluding carboxylic acids is 1. The van der Waals surface area contributed by atoms with Crippen molar-refractivity contribution in [2.45, 2.75) is 32.6 Å². The third-order valence-electron chi connectivity index (χ3n) is 3.50. The molecule has 6 heteroatoms. The first kappa shape index (κ1) is 17.3. The van der Waals surface area contributed by atoms with Gasteiger partial charge in [-0.3, -0.25) is 4.79 Å². The minimum atomic E-state index is -0.270. The van der Waals surface area contributed by atoms with E-state index in [0.717, 1.165) is 5.56 Å². The summed E-state index contributed by atoms with van der Waals surface area (Å²) in [4.78, 5) is 14.1. The summed E-state index contributed by atoms with van der Waals surface area (Å²) in [5, 5.41) is 12.9. The average molecular weight is 334 g/mol. The highest BCUT2D eigenvalue weighted by Crippen LogP contribution is 2.13. The second-order valence-corrected chi connectivity index (χ2v) is 6.08. The number of amides is 1. The van der Waals surface area contributed by atoms with E-state index in [1.54, 1.807) is 11.0 Å². The van der Waals surface area contributed by atoms with Gasteiger partial charge in [-0.2, -0.15) is 5.26 Å². The van der Waals surface area contributed by atoms with E-state index in [9.17, 15) is 10.1 Å². The molecule has 1 N–H and O–H groups in total. The molecule has 1 aromatic rings. The van der Waals surface area contributed by atoms with Crippen LogP contribution in [0.3, 0.4) is 0 Å². The van der Waals surface area contributed by atoms with Crippen molar-refractivity contribution in [2.24, 2.45) is 0 Å². The van der Waals surface area contributed by atoms with Crippen molar-refractivity contribution in [1.29, 1.82) is 5.26 Å². The van der Waals surface area contributed by atoms with Gasteiger partial charge in [0.05, 0.1) is 12.2 Å². The predicted molar refractivity (Wildman–Crippen MR) is 88.6 cm³/mol. The van der Waals surface area contributed by atoms with E-state index in [0.29, 0.717) is 24.7 Å². The second-order valence-electron chi connectivity index (χ2n) is 5.65. The van der Waals surface area contributed by atoms with Gasteiger partial charge in [0.1, 0.15) is 11.6 Å². The lowest BCUT2D eigenvalue weighted by Gasteiger charge is -2.35. The highest BCUT2D eigenvalue weighted by Gasteiger charge is 2.27. The number of halogens is 1. The molecule has 0 radical (unpaired) electrons. The minimum absolute atomic E-state index is 0.0259. The molecule has 1 aliphatic rings. The molecular formula is C17H20ClN3O2. The molecule has 0 aromatic heterocycles. The number of nitriles is 1. The van der Waals surface area contributed by atoms with Crippen LogP contribution < -0.4 is 5.32 Å². The Morgan fingerprint density at radius 1 is 1.48 bits per heavy atom. The van der Waals surface area contributed by atoms with Crippen LogP contribution in [0.1, 0.15) is 19.4 Å². The molecule has 2 atom stereocenters. The fourth-order valence-electron chi connectivity index (χ4n) is 2.57. The number of nitrogens with one attached hydrogen (secondary N) is 1. The maximum Gasteiger partial charge on any atom is 0.266 e. The van der Waals surface area contributed by atoms with Crippen molar-refractivity contribution in [3.05, 3.63) is 46.6 Å². The highest BCUT2D eigenvalue weighted by atomic mass is 35.5. The molecule has 5 nitrogen and oxygen atoms in total. The van der Waals surface area contributed by atoms with Crippen molar-refractivity contribution in [1.82, 2.24) is 10.2 Å². The van der Waals surface area contributed by atoms with E-state index in [1.165, 1.54) is 6.20 Å². The fourth-order valence-corrected chi connectivity index (χ4v) is 2.79. The zero-order valence-electron chi connectivity index (χ0n) is 13.3. The van der Waals surface area contributed by atoms with Crippen LogP contribution in [0.4, 0.5) is 0 Å². The Hall–Kier alpha value is -2.03. The summed E-state index contributed by atoms with van der Waals surface area (Å²) in [6, 6.07) is 9.38. The van der Waals surface area contributed by atoms with Crippen molar-refractivity contribution < 1.29 is 9.53 Å². The van der Waals surface area contributed by atoms with Gasteiger partial charge >= 0.3 is 0 Å². The Morgan fingerprint density at radius 2 is 2.17 bits per heavy atom. The van der Waals surface area contributed by atoms with E-state index in [4.69, 9.17) is 16.3 Å². The molecule has 23 heavy (non-hydrogen) atoms. The first-order chi connectivity index (χ1) is 11.0. The molecule has 0 saturated carbocycles. The Labute approximate surface area is 141 Å². The number of hydrogen-bond donors (Lipinski definition) is 1. The average Bonchev–Trinajstić information content (AvgIpc) is 2.50. The Kier molecular flexibility index (Phi) is 6.03. The van der Waals surface area contributed by atoms with E-state index in [2.05, 4.69) is 5.32 Å². The molecule has 0 spiro atoms. The summed E-state index contributed by atoms with van der Waals surface area (Å²) >= 11 is 5.92. The number of carbonyl (C=O) groups is 1. The smallest absolute Gasteiger partial charge is 0.266 e. The summed E-state index contributed by atoms with van der Waals surface area (Å²) in [6.45, 7) is 5.33. The van der Waals surface area contributed by atoms with Gasteiger partial charge in [0.15, 0.2) is 0 Å². The quantitative estimate of drug-likeness (QED) is 0.679. The van der Waals surface area contributed by atoms with Gasteiger partial charge in [-0.05, 0) is 31.5 Å². The van der Waals surface area contributed by atoms with Crippen LogP contribution in [0.5, 0.6) is 0 Å².